The first-order valence-electron chi connectivity index (χ1n) is 8.44. The van der Waals surface area contributed by atoms with Crippen LogP contribution in [0.25, 0.3) is 0 Å². The van der Waals surface area contributed by atoms with Crippen LogP contribution >= 0.6 is 11.6 Å². The molecule has 0 amide bonds. The molecule has 2 aromatic carbocycles. The number of halogens is 1. The summed E-state index contributed by atoms with van der Waals surface area (Å²) < 4.78 is 0. The predicted octanol–water partition coefficient (Wildman–Crippen LogP) is 4.53. The molecule has 0 radical (unpaired) electrons. The molecule has 3 N–H and O–H groups in total. The molecule has 138 valence electrons. The first kappa shape index (κ1) is 18.7. The van der Waals surface area contributed by atoms with Gasteiger partial charge in [0.2, 0.25) is 0 Å². The molecule has 27 heavy (non-hydrogen) atoms. The van der Waals surface area contributed by atoms with E-state index in [0.29, 0.717) is 24.0 Å². The van der Waals surface area contributed by atoms with E-state index < -0.39 is 5.97 Å². The van der Waals surface area contributed by atoms with Gasteiger partial charge >= 0.3 is 5.97 Å². The van der Waals surface area contributed by atoms with Gasteiger partial charge in [0.25, 0.3) is 0 Å². The summed E-state index contributed by atoms with van der Waals surface area (Å²) in [5, 5.41) is 16.1. The predicted molar refractivity (Wildman–Crippen MR) is 107 cm³/mol. The molecule has 3 aromatic rings. The van der Waals surface area contributed by atoms with Crippen LogP contribution in [-0.4, -0.2) is 27.6 Å². The summed E-state index contributed by atoms with van der Waals surface area (Å²) in [5.41, 5.74) is 2.14. The minimum absolute atomic E-state index is 0.239. The highest BCUT2D eigenvalue weighted by atomic mass is 35.5. The standard InChI is InChI=1S/C20H19ClN4O2/c1-13-23-18(22-10-9-14-3-2-4-16(21)11-14)12-19(24-13)25-17-7-5-15(6-8-17)20(26)27/h2-8,11-12H,9-10H2,1H3,(H,26,27)(H2,22,23,24,25). The minimum atomic E-state index is -0.953. The van der Waals surface area contributed by atoms with Gasteiger partial charge in [-0.25, -0.2) is 14.8 Å². The van der Waals surface area contributed by atoms with E-state index in [-0.39, 0.29) is 5.56 Å². The molecule has 6 nitrogen and oxygen atoms in total. The van der Waals surface area contributed by atoms with E-state index in [1.165, 1.54) is 0 Å². The molecule has 0 aliphatic carbocycles. The Hall–Kier alpha value is -3.12. The average Bonchev–Trinajstić information content (AvgIpc) is 2.62. The maximum atomic E-state index is 10.9. The molecule has 0 fully saturated rings. The summed E-state index contributed by atoms with van der Waals surface area (Å²) in [7, 11) is 0. The van der Waals surface area contributed by atoms with Gasteiger partial charge < -0.3 is 15.7 Å². The Bertz CT molecular complexity index is 945. The zero-order valence-corrected chi connectivity index (χ0v) is 15.5. The van der Waals surface area contributed by atoms with Crippen LogP contribution in [0.5, 0.6) is 0 Å². The lowest BCUT2D eigenvalue weighted by Crippen LogP contribution is -2.08. The Kier molecular flexibility index (Phi) is 5.88. The smallest absolute Gasteiger partial charge is 0.335 e. The van der Waals surface area contributed by atoms with Gasteiger partial charge in [-0.3, -0.25) is 0 Å². The number of hydrogen-bond donors (Lipinski definition) is 3. The van der Waals surface area contributed by atoms with E-state index in [9.17, 15) is 4.79 Å². The van der Waals surface area contributed by atoms with Crippen LogP contribution in [0, 0.1) is 6.92 Å². The summed E-state index contributed by atoms with van der Waals surface area (Å²) in [6.45, 7) is 2.53. The molecule has 0 aliphatic rings. The summed E-state index contributed by atoms with van der Waals surface area (Å²) in [5.74, 6) is 1.03. The van der Waals surface area contributed by atoms with E-state index >= 15 is 0 Å². The highest BCUT2D eigenvalue weighted by molar-refractivity contribution is 6.30. The Morgan fingerprint density at radius 3 is 2.52 bits per heavy atom. The van der Waals surface area contributed by atoms with E-state index in [4.69, 9.17) is 16.7 Å². The average molecular weight is 383 g/mol. The van der Waals surface area contributed by atoms with Gasteiger partial charge in [0.15, 0.2) is 0 Å². The summed E-state index contributed by atoms with van der Waals surface area (Å²) in [6, 6.07) is 16.1. The van der Waals surface area contributed by atoms with Crippen molar-refractivity contribution in [1.29, 1.82) is 0 Å². The number of aromatic carboxylic acids is 1. The molecule has 1 heterocycles. The van der Waals surface area contributed by atoms with Crippen LogP contribution in [-0.2, 0) is 6.42 Å². The van der Waals surface area contributed by atoms with Crippen LogP contribution in [0.15, 0.2) is 54.6 Å². The van der Waals surface area contributed by atoms with E-state index in [1.54, 1.807) is 24.3 Å². The number of nitrogens with zero attached hydrogens (tertiary/aromatic N) is 2. The fourth-order valence-corrected chi connectivity index (χ4v) is 2.81. The summed E-state index contributed by atoms with van der Waals surface area (Å²) >= 11 is 6.00. The third-order valence-corrected chi connectivity index (χ3v) is 4.09. The zero-order valence-electron chi connectivity index (χ0n) is 14.7. The maximum absolute atomic E-state index is 10.9. The second-order valence-corrected chi connectivity index (χ2v) is 6.44. The van der Waals surface area contributed by atoms with Crippen molar-refractivity contribution in [2.45, 2.75) is 13.3 Å². The van der Waals surface area contributed by atoms with Crippen molar-refractivity contribution in [3.05, 3.63) is 76.6 Å². The number of aromatic nitrogens is 2. The Balaban J connectivity index is 1.64. The van der Waals surface area contributed by atoms with E-state index in [2.05, 4.69) is 20.6 Å². The van der Waals surface area contributed by atoms with E-state index in [1.807, 2.05) is 37.3 Å². The molecule has 0 spiro atoms. The van der Waals surface area contributed by atoms with Gasteiger partial charge in [0, 0.05) is 23.3 Å². The molecule has 0 aliphatic heterocycles. The van der Waals surface area contributed by atoms with Crippen molar-refractivity contribution in [1.82, 2.24) is 9.97 Å². The van der Waals surface area contributed by atoms with Crippen molar-refractivity contribution in [3.63, 3.8) is 0 Å². The molecule has 1 aromatic heterocycles. The van der Waals surface area contributed by atoms with E-state index in [0.717, 1.165) is 22.7 Å². The normalized spacial score (nSPS) is 10.4. The van der Waals surface area contributed by atoms with Crippen molar-refractivity contribution in [2.24, 2.45) is 0 Å². The van der Waals surface area contributed by atoms with Crippen LogP contribution in [0.1, 0.15) is 21.7 Å². The fraction of sp³-hybridized carbons (Fsp3) is 0.150. The number of hydrogen-bond acceptors (Lipinski definition) is 5. The maximum Gasteiger partial charge on any atom is 0.335 e. The summed E-state index contributed by atoms with van der Waals surface area (Å²) in [6.07, 6.45) is 0.822. The fourth-order valence-electron chi connectivity index (χ4n) is 2.59. The monoisotopic (exact) mass is 382 g/mol. The van der Waals surface area contributed by atoms with Crippen molar-refractivity contribution >= 4 is 34.9 Å². The van der Waals surface area contributed by atoms with Crippen molar-refractivity contribution in [2.75, 3.05) is 17.2 Å². The number of anilines is 3. The topological polar surface area (TPSA) is 87.1 Å². The zero-order chi connectivity index (χ0) is 19.2. The number of carboxylic acid groups (broad SMARTS) is 1. The molecule has 0 bridgehead atoms. The Morgan fingerprint density at radius 1 is 1.07 bits per heavy atom. The largest absolute Gasteiger partial charge is 0.478 e. The third-order valence-electron chi connectivity index (χ3n) is 3.85. The number of carbonyl (C=O) groups is 1. The highest BCUT2D eigenvalue weighted by Gasteiger charge is 2.05. The van der Waals surface area contributed by atoms with Crippen LogP contribution in [0.4, 0.5) is 17.3 Å². The number of rotatable bonds is 7. The number of carboxylic acids is 1. The Labute approximate surface area is 162 Å². The quantitative estimate of drug-likeness (QED) is 0.556. The molecule has 0 atom stereocenters. The number of nitrogens with one attached hydrogen (secondary N) is 2. The molecular weight excluding hydrogens is 364 g/mol. The van der Waals surface area contributed by atoms with Gasteiger partial charge in [-0.15, -0.1) is 0 Å². The van der Waals surface area contributed by atoms with Gasteiger partial charge in [0.05, 0.1) is 5.56 Å². The molecule has 0 saturated carbocycles. The van der Waals surface area contributed by atoms with Crippen molar-refractivity contribution in [3.8, 4) is 0 Å². The lowest BCUT2D eigenvalue weighted by Gasteiger charge is -2.10. The van der Waals surface area contributed by atoms with Gasteiger partial charge in [-0.2, -0.15) is 0 Å². The molecule has 3 rings (SSSR count). The summed E-state index contributed by atoms with van der Waals surface area (Å²) in [4.78, 5) is 19.7. The highest BCUT2D eigenvalue weighted by Crippen LogP contribution is 2.18. The molecule has 7 heteroatoms. The number of aryl methyl sites for hydroxylation is 1. The lowest BCUT2D eigenvalue weighted by atomic mass is 10.1. The second-order valence-electron chi connectivity index (χ2n) is 6.00. The van der Waals surface area contributed by atoms with Crippen LogP contribution in [0.2, 0.25) is 5.02 Å². The Morgan fingerprint density at radius 2 is 1.81 bits per heavy atom. The third kappa shape index (κ3) is 5.43. The van der Waals surface area contributed by atoms with Crippen LogP contribution in [0.3, 0.4) is 0 Å². The van der Waals surface area contributed by atoms with Crippen LogP contribution < -0.4 is 10.6 Å². The van der Waals surface area contributed by atoms with Gasteiger partial charge in [-0.1, -0.05) is 23.7 Å². The molecule has 0 saturated heterocycles. The van der Waals surface area contributed by atoms with Gasteiger partial charge in [-0.05, 0) is 55.3 Å². The first-order chi connectivity index (χ1) is 13.0. The molecular formula is C20H19ClN4O2. The SMILES string of the molecule is Cc1nc(NCCc2cccc(Cl)c2)cc(Nc2ccc(C(=O)O)cc2)n1. The molecule has 0 unspecified atom stereocenters. The lowest BCUT2D eigenvalue weighted by molar-refractivity contribution is 0.0697. The van der Waals surface area contributed by atoms with Gasteiger partial charge in [0.1, 0.15) is 17.5 Å². The minimum Gasteiger partial charge on any atom is -0.478 e. The number of benzene rings is 2. The first-order valence-corrected chi connectivity index (χ1v) is 8.82. The second kappa shape index (κ2) is 8.51. The van der Waals surface area contributed by atoms with Crippen molar-refractivity contribution < 1.29 is 9.90 Å².